The molecule has 0 aliphatic rings. The van der Waals surface area contributed by atoms with Crippen LogP contribution in [0.3, 0.4) is 0 Å². The molecule has 0 saturated carbocycles. The molecular formula is C13H19FO4S. The smallest absolute Gasteiger partial charge is 0.150 e. The molecular weight excluding hydrogens is 271 g/mol. The number of benzene rings is 1. The maximum atomic E-state index is 13.1. The number of aliphatic hydroxyl groups is 1. The number of sulfone groups is 1. The molecule has 6 heteroatoms. The first-order valence-corrected chi connectivity index (χ1v) is 7.98. The number of rotatable bonds is 7. The van der Waals surface area contributed by atoms with Gasteiger partial charge in [-0.15, -0.1) is 0 Å². The van der Waals surface area contributed by atoms with Crippen molar-refractivity contribution in [2.24, 2.45) is 0 Å². The van der Waals surface area contributed by atoms with Crippen molar-refractivity contribution in [2.45, 2.75) is 26.4 Å². The summed E-state index contributed by atoms with van der Waals surface area (Å²) < 4.78 is 41.0. The fourth-order valence-corrected chi connectivity index (χ4v) is 2.43. The molecule has 1 N–H and O–H groups in total. The maximum absolute atomic E-state index is 13.1. The molecule has 1 rings (SSSR count). The quantitative estimate of drug-likeness (QED) is 0.781. The summed E-state index contributed by atoms with van der Waals surface area (Å²) in [5.74, 6) is 0.110. The van der Waals surface area contributed by atoms with Gasteiger partial charge in [-0.1, -0.05) is 6.92 Å². The van der Waals surface area contributed by atoms with Crippen molar-refractivity contribution in [1.82, 2.24) is 0 Å². The molecule has 0 fully saturated rings. The van der Waals surface area contributed by atoms with Gasteiger partial charge in [-0.05, 0) is 31.5 Å². The molecule has 1 atom stereocenters. The Morgan fingerprint density at radius 2 is 2.11 bits per heavy atom. The van der Waals surface area contributed by atoms with Gasteiger partial charge in [0.05, 0.1) is 18.5 Å². The highest BCUT2D eigenvalue weighted by molar-refractivity contribution is 7.91. The lowest BCUT2D eigenvalue weighted by molar-refractivity contribution is 0.190. The van der Waals surface area contributed by atoms with Gasteiger partial charge in [0.15, 0.2) is 0 Å². The van der Waals surface area contributed by atoms with Crippen molar-refractivity contribution in [2.75, 3.05) is 18.1 Å². The predicted octanol–water partition coefficient (Wildman–Crippen LogP) is 2.08. The minimum atomic E-state index is -3.00. The molecule has 0 aromatic heterocycles. The van der Waals surface area contributed by atoms with E-state index >= 15 is 0 Å². The highest BCUT2D eigenvalue weighted by Gasteiger charge is 2.11. The topological polar surface area (TPSA) is 63.6 Å². The van der Waals surface area contributed by atoms with Crippen LogP contribution in [0, 0.1) is 5.82 Å². The van der Waals surface area contributed by atoms with Gasteiger partial charge in [0.25, 0.3) is 0 Å². The number of hydrogen-bond acceptors (Lipinski definition) is 4. The zero-order chi connectivity index (χ0) is 14.5. The van der Waals surface area contributed by atoms with E-state index < -0.39 is 21.8 Å². The van der Waals surface area contributed by atoms with E-state index in [9.17, 15) is 17.9 Å². The molecule has 0 aliphatic heterocycles. The van der Waals surface area contributed by atoms with Crippen LogP contribution in [-0.2, 0) is 9.84 Å². The Labute approximate surface area is 113 Å². The molecule has 0 radical (unpaired) electrons. The third-order valence-corrected chi connectivity index (χ3v) is 4.51. The zero-order valence-electron chi connectivity index (χ0n) is 11.1. The molecule has 0 amide bonds. The second-order valence-corrected chi connectivity index (χ2v) is 6.77. The van der Waals surface area contributed by atoms with Gasteiger partial charge in [0, 0.05) is 11.3 Å². The highest BCUT2D eigenvalue weighted by atomic mass is 32.2. The fraction of sp³-hybridized carbons (Fsp3) is 0.538. The summed E-state index contributed by atoms with van der Waals surface area (Å²) in [7, 11) is -3.00. The first-order valence-electron chi connectivity index (χ1n) is 6.16. The highest BCUT2D eigenvalue weighted by Crippen LogP contribution is 2.26. The van der Waals surface area contributed by atoms with Crippen LogP contribution in [0.1, 0.15) is 31.9 Å². The number of ether oxygens (including phenoxy) is 1. The van der Waals surface area contributed by atoms with Crippen LogP contribution >= 0.6 is 0 Å². The summed E-state index contributed by atoms with van der Waals surface area (Å²) >= 11 is 0. The Bertz CT molecular complexity index is 511. The van der Waals surface area contributed by atoms with Crippen molar-refractivity contribution < 1.29 is 22.7 Å². The van der Waals surface area contributed by atoms with Gasteiger partial charge in [-0.25, -0.2) is 12.8 Å². The lowest BCUT2D eigenvalue weighted by Gasteiger charge is -2.13. The van der Waals surface area contributed by atoms with Crippen LogP contribution in [0.15, 0.2) is 18.2 Å². The van der Waals surface area contributed by atoms with E-state index in [1.54, 1.807) is 6.92 Å². The van der Waals surface area contributed by atoms with Gasteiger partial charge < -0.3 is 9.84 Å². The molecule has 0 unspecified atom stereocenters. The molecule has 108 valence electrons. The van der Waals surface area contributed by atoms with Crippen LogP contribution in [-0.4, -0.2) is 31.6 Å². The SMILES string of the molecule is CCS(=O)(=O)CCCOc1ccc(F)cc1[C@H](C)O. The molecule has 1 aromatic carbocycles. The van der Waals surface area contributed by atoms with Crippen LogP contribution in [0.5, 0.6) is 5.75 Å². The normalized spacial score (nSPS) is 13.3. The summed E-state index contributed by atoms with van der Waals surface area (Å²) in [4.78, 5) is 0. The first kappa shape index (κ1) is 15.9. The molecule has 0 spiro atoms. The summed E-state index contributed by atoms with van der Waals surface area (Å²) in [6, 6.07) is 3.89. The number of halogens is 1. The predicted molar refractivity (Wildman–Crippen MR) is 71.5 cm³/mol. The zero-order valence-corrected chi connectivity index (χ0v) is 11.9. The third kappa shape index (κ3) is 5.16. The fourth-order valence-electron chi connectivity index (χ4n) is 1.58. The van der Waals surface area contributed by atoms with Gasteiger partial charge in [0.1, 0.15) is 21.4 Å². The minimum absolute atomic E-state index is 0.0642. The van der Waals surface area contributed by atoms with Crippen molar-refractivity contribution in [1.29, 1.82) is 0 Å². The third-order valence-electron chi connectivity index (χ3n) is 2.72. The van der Waals surface area contributed by atoms with Crippen molar-refractivity contribution >= 4 is 9.84 Å². The first-order chi connectivity index (χ1) is 8.85. The van der Waals surface area contributed by atoms with Crippen molar-refractivity contribution in [3.63, 3.8) is 0 Å². The Morgan fingerprint density at radius 1 is 1.42 bits per heavy atom. The summed E-state index contributed by atoms with van der Waals surface area (Å²) in [5.41, 5.74) is 0.360. The lowest BCUT2D eigenvalue weighted by atomic mass is 10.1. The largest absolute Gasteiger partial charge is 0.493 e. The van der Waals surface area contributed by atoms with E-state index in [1.165, 1.54) is 25.1 Å². The lowest BCUT2D eigenvalue weighted by Crippen LogP contribution is -2.12. The van der Waals surface area contributed by atoms with Gasteiger partial charge >= 0.3 is 0 Å². The Balaban J connectivity index is 2.59. The van der Waals surface area contributed by atoms with Crippen LogP contribution in [0.2, 0.25) is 0 Å². The average molecular weight is 290 g/mol. The molecule has 0 aliphatic carbocycles. The second kappa shape index (κ2) is 6.86. The Morgan fingerprint density at radius 3 is 2.68 bits per heavy atom. The van der Waals surface area contributed by atoms with Crippen molar-refractivity contribution in [3.05, 3.63) is 29.6 Å². The molecule has 0 saturated heterocycles. The second-order valence-electron chi connectivity index (χ2n) is 4.30. The maximum Gasteiger partial charge on any atom is 0.150 e. The Hall–Kier alpha value is -1.14. The molecule has 4 nitrogen and oxygen atoms in total. The average Bonchev–Trinajstić information content (AvgIpc) is 2.36. The van der Waals surface area contributed by atoms with Gasteiger partial charge in [-0.3, -0.25) is 0 Å². The van der Waals surface area contributed by atoms with E-state index in [0.717, 1.165) is 0 Å². The summed E-state index contributed by atoms with van der Waals surface area (Å²) in [6.45, 7) is 3.33. The summed E-state index contributed by atoms with van der Waals surface area (Å²) in [6.07, 6.45) is -0.475. The Kier molecular flexibility index (Phi) is 5.75. The summed E-state index contributed by atoms with van der Waals surface area (Å²) in [5, 5.41) is 9.51. The van der Waals surface area contributed by atoms with Gasteiger partial charge in [-0.2, -0.15) is 0 Å². The number of hydrogen-bond donors (Lipinski definition) is 1. The molecule has 0 heterocycles. The van der Waals surface area contributed by atoms with Crippen LogP contribution in [0.25, 0.3) is 0 Å². The monoisotopic (exact) mass is 290 g/mol. The van der Waals surface area contributed by atoms with E-state index in [-0.39, 0.29) is 18.1 Å². The van der Waals surface area contributed by atoms with E-state index in [1.807, 2.05) is 0 Å². The van der Waals surface area contributed by atoms with Crippen LogP contribution < -0.4 is 4.74 Å². The van der Waals surface area contributed by atoms with E-state index in [0.29, 0.717) is 17.7 Å². The standard InChI is InChI=1S/C13H19FO4S/c1-3-19(16,17)8-4-7-18-13-6-5-11(14)9-12(13)10(2)15/h5-6,9-10,15H,3-4,7-8H2,1-2H3/t10-/m0/s1. The molecule has 19 heavy (non-hydrogen) atoms. The van der Waals surface area contributed by atoms with Gasteiger partial charge in [0.2, 0.25) is 0 Å². The molecule has 1 aromatic rings. The van der Waals surface area contributed by atoms with E-state index in [4.69, 9.17) is 4.74 Å². The van der Waals surface area contributed by atoms with Crippen LogP contribution in [0.4, 0.5) is 4.39 Å². The van der Waals surface area contributed by atoms with E-state index in [2.05, 4.69) is 0 Å². The van der Waals surface area contributed by atoms with Crippen molar-refractivity contribution in [3.8, 4) is 5.75 Å². The minimum Gasteiger partial charge on any atom is -0.493 e. The number of aliphatic hydroxyl groups excluding tert-OH is 1. The molecule has 0 bridgehead atoms.